The van der Waals surface area contributed by atoms with E-state index in [4.69, 9.17) is 14.2 Å². The summed E-state index contributed by atoms with van der Waals surface area (Å²) >= 11 is 0. The van der Waals surface area contributed by atoms with Gasteiger partial charge in [0.2, 0.25) is 15.9 Å². The van der Waals surface area contributed by atoms with E-state index in [1.807, 2.05) is 0 Å². The number of morpholine rings is 1. The minimum atomic E-state index is -3.48. The van der Waals surface area contributed by atoms with Crippen LogP contribution in [0.3, 0.4) is 0 Å². The van der Waals surface area contributed by atoms with E-state index in [1.165, 1.54) is 4.31 Å². The highest BCUT2D eigenvalue weighted by atomic mass is 32.2. The van der Waals surface area contributed by atoms with Crippen LogP contribution in [0.5, 0.6) is 11.5 Å². The molecule has 2 heterocycles. The smallest absolute Gasteiger partial charge is 0.232 e. The summed E-state index contributed by atoms with van der Waals surface area (Å²) in [5.41, 5.74) is 0.510. The molecule has 3 rings (SSSR count). The second kappa shape index (κ2) is 8.13. The van der Waals surface area contributed by atoms with Crippen molar-refractivity contribution in [2.75, 3.05) is 56.6 Å². The van der Waals surface area contributed by atoms with Crippen LogP contribution in [0.15, 0.2) is 18.2 Å². The van der Waals surface area contributed by atoms with Crippen molar-refractivity contribution >= 4 is 21.6 Å². The SMILES string of the molecule is CS(=O)(=O)N(CCCC(=O)N1CCOCC1)c1ccc2c(c1)OCCO2. The number of carbonyl (C=O) groups excluding carboxylic acids is 1. The first kappa shape index (κ1) is 18.8. The van der Waals surface area contributed by atoms with Gasteiger partial charge in [0.05, 0.1) is 25.2 Å². The zero-order valence-electron chi connectivity index (χ0n) is 14.8. The molecule has 0 unspecified atom stereocenters. The van der Waals surface area contributed by atoms with Gasteiger partial charge in [-0.1, -0.05) is 0 Å². The molecule has 0 spiro atoms. The highest BCUT2D eigenvalue weighted by Gasteiger charge is 2.22. The molecule has 0 saturated carbocycles. The Morgan fingerprint density at radius 1 is 1.12 bits per heavy atom. The third kappa shape index (κ3) is 4.59. The van der Waals surface area contributed by atoms with Crippen molar-refractivity contribution in [1.82, 2.24) is 4.90 Å². The van der Waals surface area contributed by atoms with Crippen molar-refractivity contribution in [1.29, 1.82) is 0 Å². The van der Waals surface area contributed by atoms with Crippen LogP contribution in [-0.2, 0) is 19.6 Å². The number of nitrogens with zero attached hydrogens (tertiary/aromatic N) is 2. The van der Waals surface area contributed by atoms with Crippen LogP contribution in [0.1, 0.15) is 12.8 Å². The summed E-state index contributed by atoms with van der Waals surface area (Å²) in [4.78, 5) is 14.0. The lowest BCUT2D eigenvalue weighted by Crippen LogP contribution is -2.41. The van der Waals surface area contributed by atoms with Crippen LogP contribution in [-0.4, -0.2) is 71.5 Å². The number of carbonyl (C=O) groups is 1. The van der Waals surface area contributed by atoms with Crippen LogP contribution in [0.2, 0.25) is 0 Å². The fourth-order valence-corrected chi connectivity index (χ4v) is 3.98. The average Bonchev–Trinajstić information content (AvgIpc) is 2.64. The van der Waals surface area contributed by atoms with Gasteiger partial charge in [-0.15, -0.1) is 0 Å². The molecule has 0 aromatic heterocycles. The van der Waals surface area contributed by atoms with E-state index in [0.717, 1.165) is 6.26 Å². The summed E-state index contributed by atoms with van der Waals surface area (Å²) in [6.45, 7) is 3.44. The molecule has 0 N–H and O–H groups in total. The lowest BCUT2D eigenvalue weighted by Gasteiger charge is -2.28. The molecule has 2 aliphatic rings. The van der Waals surface area contributed by atoms with E-state index in [2.05, 4.69) is 0 Å². The van der Waals surface area contributed by atoms with Gasteiger partial charge in [-0.05, 0) is 18.6 Å². The van der Waals surface area contributed by atoms with Crippen LogP contribution < -0.4 is 13.8 Å². The normalized spacial score (nSPS) is 17.0. The summed E-state index contributed by atoms with van der Waals surface area (Å²) in [6.07, 6.45) is 1.90. The molecule has 1 aromatic rings. The quantitative estimate of drug-likeness (QED) is 0.723. The molecule has 0 aliphatic carbocycles. The topological polar surface area (TPSA) is 85.4 Å². The highest BCUT2D eigenvalue weighted by molar-refractivity contribution is 7.92. The molecule has 8 nitrogen and oxygen atoms in total. The molecule has 2 aliphatic heterocycles. The van der Waals surface area contributed by atoms with Gasteiger partial charge in [-0.25, -0.2) is 8.42 Å². The molecule has 1 fully saturated rings. The van der Waals surface area contributed by atoms with E-state index < -0.39 is 10.0 Å². The Balaban J connectivity index is 1.64. The predicted octanol–water partition coefficient (Wildman–Crippen LogP) is 0.863. The van der Waals surface area contributed by atoms with Gasteiger partial charge < -0.3 is 19.1 Å². The number of fused-ring (bicyclic) bond motifs is 1. The van der Waals surface area contributed by atoms with Crippen LogP contribution >= 0.6 is 0 Å². The fraction of sp³-hybridized carbons (Fsp3) is 0.588. The number of rotatable bonds is 6. The third-order valence-electron chi connectivity index (χ3n) is 4.33. The van der Waals surface area contributed by atoms with Gasteiger partial charge in [-0.3, -0.25) is 9.10 Å². The Hall–Kier alpha value is -2.00. The number of benzene rings is 1. The second-order valence-electron chi connectivity index (χ2n) is 6.26. The maximum atomic E-state index is 12.2. The lowest BCUT2D eigenvalue weighted by molar-refractivity contribution is -0.135. The first-order chi connectivity index (χ1) is 12.4. The number of hydrogen-bond donors (Lipinski definition) is 0. The van der Waals surface area contributed by atoms with Gasteiger partial charge in [0.15, 0.2) is 11.5 Å². The minimum absolute atomic E-state index is 0.0314. The number of anilines is 1. The summed E-state index contributed by atoms with van der Waals surface area (Å²) in [5.74, 6) is 1.17. The highest BCUT2D eigenvalue weighted by Crippen LogP contribution is 2.34. The predicted molar refractivity (Wildman–Crippen MR) is 96.3 cm³/mol. The summed E-state index contributed by atoms with van der Waals surface area (Å²) in [6, 6.07) is 5.07. The van der Waals surface area contributed by atoms with E-state index in [9.17, 15) is 13.2 Å². The van der Waals surface area contributed by atoms with Crippen LogP contribution in [0.25, 0.3) is 0 Å². The van der Waals surface area contributed by atoms with Gasteiger partial charge in [0, 0.05) is 32.1 Å². The summed E-state index contributed by atoms with van der Waals surface area (Å²) < 4.78 is 42.0. The average molecular weight is 384 g/mol. The van der Waals surface area contributed by atoms with E-state index in [1.54, 1.807) is 23.1 Å². The van der Waals surface area contributed by atoms with Gasteiger partial charge in [-0.2, -0.15) is 0 Å². The van der Waals surface area contributed by atoms with E-state index >= 15 is 0 Å². The minimum Gasteiger partial charge on any atom is -0.486 e. The van der Waals surface area contributed by atoms with Crippen molar-refractivity contribution in [3.63, 3.8) is 0 Å². The molecule has 0 radical (unpaired) electrons. The van der Waals surface area contributed by atoms with Crippen LogP contribution in [0.4, 0.5) is 5.69 Å². The first-order valence-corrected chi connectivity index (χ1v) is 10.5. The Labute approximate surface area is 153 Å². The maximum absolute atomic E-state index is 12.2. The van der Waals surface area contributed by atoms with Crippen LogP contribution in [0, 0.1) is 0 Å². The summed E-state index contributed by atoms with van der Waals surface area (Å²) in [5, 5.41) is 0. The fourth-order valence-electron chi connectivity index (χ4n) is 3.02. The molecule has 1 saturated heterocycles. The van der Waals surface area contributed by atoms with E-state index in [-0.39, 0.29) is 12.5 Å². The Morgan fingerprint density at radius 2 is 1.81 bits per heavy atom. The molecule has 9 heteroatoms. The van der Waals surface area contributed by atoms with Crippen molar-refractivity contribution in [2.24, 2.45) is 0 Å². The molecule has 1 aromatic carbocycles. The summed E-state index contributed by atoms with van der Waals surface area (Å²) in [7, 11) is -3.48. The molecule has 144 valence electrons. The standard InChI is InChI=1S/C17H24N2O6S/c1-26(21,22)19(6-2-3-17(20)18-7-9-23-10-8-18)14-4-5-15-16(13-14)25-12-11-24-15/h4-5,13H,2-3,6-12H2,1H3. The van der Waals surface area contributed by atoms with Gasteiger partial charge >= 0.3 is 0 Å². The molecule has 0 bridgehead atoms. The van der Waals surface area contributed by atoms with Crippen molar-refractivity contribution in [3.05, 3.63) is 18.2 Å². The van der Waals surface area contributed by atoms with Gasteiger partial charge in [0.25, 0.3) is 0 Å². The maximum Gasteiger partial charge on any atom is 0.232 e. The van der Waals surface area contributed by atoms with Crippen molar-refractivity contribution in [3.8, 4) is 11.5 Å². The number of sulfonamides is 1. The number of hydrogen-bond acceptors (Lipinski definition) is 6. The molecular formula is C17H24N2O6S. The number of ether oxygens (including phenoxy) is 3. The van der Waals surface area contributed by atoms with Crippen molar-refractivity contribution in [2.45, 2.75) is 12.8 Å². The van der Waals surface area contributed by atoms with Crippen molar-refractivity contribution < 1.29 is 27.4 Å². The third-order valence-corrected chi connectivity index (χ3v) is 5.52. The largest absolute Gasteiger partial charge is 0.486 e. The Bertz CT molecular complexity index is 746. The molecule has 0 atom stereocenters. The zero-order chi connectivity index (χ0) is 18.6. The monoisotopic (exact) mass is 384 g/mol. The lowest BCUT2D eigenvalue weighted by atomic mass is 10.2. The first-order valence-electron chi connectivity index (χ1n) is 8.68. The van der Waals surface area contributed by atoms with E-state index in [0.29, 0.717) is 69.5 Å². The van der Waals surface area contributed by atoms with Gasteiger partial charge in [0.1, 0.15) is 13.2 Å². The Morgan fingerprint density at radius 3 is 2.50 bits per heavy atom. The number of amides is 1. The Kier molecular flexibility index (Phi) is 5.87. The molecular weight excluding hydrogens is 360 g/mol. The molecule has 1 amide bonds. The second-order valence-corrected chi connectivity index (χ2v) is 8.17. The molecule has 26 heavy (non-hydrogen) atoms. The zero-order valence-corrected chi connectivity index (χ0v) is 15.7.